The fourth-order valence-corrected chi connectivity index (χ4v) is 2.97. The second-order valence-electron chi connectivity index (χ2n) is 5.80. The van der Waals surface area contributed by atoms with E-state index in [1.165, 1.54) is 19.3 Å². The highest BCUT2D eigenvalue weighted by atomic mass is 16.1. The molecular weight excluding hydrogens is 200 g/mol. The summed E-state index contributed by atoms with van der Waals surface area (Å²) in [7, 11) is 0. The van der Waals surface area contributed by atoms with Gasteiger partial charge in [-0.15, -0.1) is 0 Å². The van der Waals surface area contributed by atoms with Crippen molar-refractivity contribution in [1.29, 1.82) is 0 Å². The molecule has 2 N–H and O–H groups in total. The zero-order valence-corrected chi connectivity index (χ0v) is 9.87. The molecule has 3 nitrogen and oxygen atoms in total. The average Bonchev–Trinajstić information content (AvgIpc) is 3.19. The van der Waals surface area contributed by atoms with E-state index in [0.717, 1.165) is 50.2 Å². The molecular formula is C13H22N2O. The van der Waals surface area contributed by atoms with E-state index in [1.807, 2.05) is 0 Å². The van der Waals surface area contributed by atoms with Crippen molar-refractivity contribution >= 4 is 5.91 Å². The Morgan fingerprint density at radius 3 is 2.50 bits per heavy atom. The Bertz CT molecular complexity index is 265. The van der Waals surface area contributed by atoms with E-state index in [-0.39, 0.29) is 0 Å². The number of rotatable bonds is 6. The van der Waals surface area contributed by atoms with Crippen molar-refractivity contribution in [3.63, 3.8) is 0 Å². The van der Waals surface area contributed by atoms with Crippen LogP contribution in [0.15, 0.2) is 0 Å². The first-order valence-electron chi connectivity index (χ1n) is 6.84. The lowest BCUT2D eigenvalue weighted by molar-refractivity contribution is -0.125. The molecule has 2 atom stereocenters. The monoisotopic (exact) mass is 222 g/mol. The molecule has 0 bridgehead atoms. The molecule has 3 aliphatic carbocycles. The molecule has 1 amide bonds. The van der Waals surface area contributed by atoms with Gasteiger partial charge in [0.1, 0.15) is 0 Å². The third kappa shape index (κ3) is 2.57. The van der Waals surface area contributed by atoms with Gasteiger partial charge in [-0.05, 0) is 56.9 Å². The van der Waals surface area contributed by atoms with E-state index in [0.29, 0.717) is 11.8 Å². The van der Waals surface area contributed by atoms with Crippen LogP contribution in [0.2, 0.25) is 0 Å². The van der Waals surface area contributed by atoms with Gasteiger partial charge in [-0.2, -0.15) is 0 Å². The van der Waals surface area contributed by atoms with Crippen LogP contribution in [0.1, 0.15) is 38.5 Å². The fourth-order valence-electron chi connectivity index (χ4n) is 2.97. The normalized spacial score (nSPS) is 35.9. The van der Waals surface area contributed by atoms with E-state index in [2.05, 4.69) is 10.6 Å². The minimum absolute atomic E-state index is 0.318. The van der Waals surface area contributed by atoms with Crippen LogP contribution in [0.4, 0.5) is 0 Å². The van der Waals surface area contributed by atoms with Crippen LogP contribution in [-0.2, 0) is 4.79 Å². The van der Waals surface area contributed by atoms with Crippen LogP contribution in [-0.4, -0.2) is 25.0 Å². The van der Waals surface area contributed by atoms with Crippen LogP contribution >= 0.6 is 0 Å². The van der Waals surface area contributed by atoms with E-state index < -0.39 is 0 Å². The molecule has 0 heterocycles. The van der Waals surface area contributed by atoms with Crippen LogP contribution < -0.4 is 10.6 Å². The van der Waals surface area contributed by atoms with Gasteiger partial charge in [-0.1, -0.05) is 0 Å². The molecule has 2 unspecified atom stereocenters. The summed E-state index contributed by atoms with van der Waals surface area (Å²) in [4.78, 5) is 11.8. The summed E-state index contributed by atoms with van der Waals surface area (Å²) in [5.74, 6) is 2.48. The molecule has 3 heteroatoms. The first-order chi connectivity index (χ1) is 7.83. The molecule has 0 aromatic heterocycles. The summed E-state index contributed by atoms with van der Waals surface area (Å²) < 4.78 is 0. The molecule has 0 aromatic carbocycles. The van der Waals surface area contributed by atoms with E-state index in [9.17, 15) is 4.79 Å². The van der Waals surface area contributed by atoms with Crippen molar-refractivity contribution in [1.82, 2.24) is 10.6 Å². The third-order valence-corrected chi connectivity index (χ3v) is 4.28. The average molecular weight is 222 g/mol. The fraction of sp³-hybridized carbons (Fsp3) is 0.923. The van der Waals surface area contributed by atoms with Gasteiger partial charge in [0.05, 0.1) is 0 Å². The quantitative estimate of drug-likeness (QED) is 0.665. The molecule has 90 valence electrons. The number of amides is 1. The lowest BCUT2D eigenvalue weighted by Crippen LogP contribution is -2.32. The number of hydrogen-bond donors (Lipinski definition) is 2. The van der Waals surface area contributed by atoms with Crippen molar-refractivity contribution in [2.24, 2.45) is 17.8 Å². The van der Waals surface area contributed by atoms with Crippen molar-refractivity contribution in [2.45, 2.75) is 44.6 Å². The zero-order valence-electron chi connectivity index (χ0n) is 9.87. The Morgan fingerprint density at radius 1 is 1.06 bits per heavy atom. The summed E-state index contributed by atoms with van der Waals surface area (Å²) in [5, 5.41) is 6.54. The molecule has 3 rings (SSSR count). The standard InChI is InChI=1S/C13H22N2O/c16-13(11-7-9-6-10(9)8-11)15-5-1-4-14-12-2-3-12/h9-12,14H,1-8H2,(H,15,16). The van der Waals surface area contributed by atoms with Crippen LogP contribution in [0, 0.1) is 17.8 Å². The largest absolute Gasteiger partial charge is 0.356 e. The van der Waals surface area contributed by atoms with E-state index in [1.54, 1.807) is 0 Å². The summed E-state index contributed by atoms with van der Waals surface area (Å²) in [6.45, 7) is 1.91. The summed E-state index contributed by atoms with van der Waals surface area (Å²) in [6.07, 6.45) is 7.49. The van der Waals surface area contributed by atoms with Crippen LogP contribution in [0.25, 0.3) is 0 Å². The van der Waals surface area contributed by atoms with Gasteiger partial charge in [0.2, 0.25) is 5.91 Å². The van der Waals surface area contributed by atoms with Gasteiger partial charge in [0.25, 0.3) is 0 Å². The summed E-state index contributed by atoms with van der Waals surface area (Å²) in [5.41, 5.74) is 0. The molecule has 0 aromatic rings. The molecule has 0 saturated heterocycles. The number of hydrogen-bond acceptors (Lipinski definition) is 2. The van der Waals surface area contributed by atoms with Crippen molar-refractivity contribution < 1.29 is 4.79 Å². The topological polar surface area (TPSA) is 41.1 Å². The molecule has 0 aliphatic heterocycles. The maximum atomic E-state index is 11.8. The minimum atomic E-state index is 0.318. The SMILES string of the molecule is O=C(NCCCNC1CC1)C1CC2CC2C1. The second kappa shape index (κ2) is 4.36. The van der Waals surface area contributed by atoms with Gasteiger partial charge in [0.15, 0.2) is 0 Å². The van der Waals surface area contributed by atoms with Crippen molar-refractivity contribution in [3.05, 3.63) is 0 Å². The predicted molar refractivity (Wildman–Crippen MR) is 63.0 cm³/mol. The van der Waals surface area contributed by atoms with Crippen molar-refractivity contribution in [2.75, 3.05) is 13.1 Å². The highest BCUT2D eigenvalue weighted by Crippen LogP contribution is 2.54. The van der Waals surface area contributed by atoms with Gasteiger partial charge >= 0.3 is 0 Å². The molecule has 0 spiro atoms. The van der Waals surface area contributed by atoms with Gasteiger partial charge in [-0.25, -0.2) is 0 Å². The Morgan fingerprint density at radius 2 is 1.81 bits per heavy atom. The Hall–Kier alpha value is -0.570. The molecule has 16 heavy (non-hydrogen) atoms. The highest BCUT2D eigenvalue weighted by molar-refractivity contribution is 5.79. The lowest BCUT2D eigenvalue weighted by Gasteiger charge is -2.12. The van der Waals surface area contributed by atoms with Crippen molar-refractivity contribution in [3.8, 4) is 0 Å². The molecule has 3 aliphatic rings. The number of fused-ring (bicyclic) bond motifs is 1. The number of nitrogens with one attached hydrogen (secondary N) is 2. The number of carbonyl (C=O) groups is 1. The molecule has 3 fully saturated rings. The Labute approximate surface area is 97.4 Å². The van der Waals surface area contributed by atoms with Crippen LogP contribution in [0.5, 0.6) is 0 Å². The smallest absolute Gasteiger partial charge is 0.223 e. The Kier molecular flexibility index (Phi) is 2.88. The summed E-state index contributed by atoms with van der Waals surface area (Å²) in [6, 6.07) is 0.789. The first-order valence-corrected chi connectivity index (χ1v) is 6.84. The van der Waals surface area contributed by atoms with Gasteiger partial charge in [0, 0.05) is 18.5 Å². The lowest BCUT2D eigenvalue weighted by atomic mass is 10.0. The number of carbonyl (C=O) groups excluding carboxylic acids is 1. The maximum Gasteiger partial charge on any atom is 0.223 e. The molecule has 3 saturated carbocycles. The summed E-state index contributed by atoms with van der Waals surface area (Å²) >= 11 is 0. The third-order valence-electron chi connectivity index (χ3n) is 4.28. The second-order valence-corrected chi connectivity index (χ2v) is 5.80. The Balaban J connectivity index is 1.25. The predicted octanol–water partition coefficient (Wildman–Crippen LogP) is 1.29. The maximum absolute atomic E-state index is 11.8. The van der Waals surface area contributed by atoms with Gasteiger partial charge in [-0.3, -0.25) is 4.79 Å². The van der Waals surface area contributed by atoms with Gasteiger partial charge < -0.3 is 10.6 Å². The zero-order chi connectivity index (χ0) is 11.0. The minimum Gasteiger partial charge on any atom is -0.356 e. The first kappa shape index (κ1) is 10.6. The van der Waals surface area contributed by atoms with E-state index in [4.69, 9.17) is 0 Å². The highest BCUT2D eigenvalue weighted by Gasteiger charge is 2.47. The van der Waals surface area contributed by atoms with Crippen LogP contribution in [0.3, 0.4) is 0 Å². The van der Waals surface area contributed by atoms with E-state index >= 15 is 0 Å². The molecule has 0 radical (unpaired) electrons.